The third kappa shape index (κ3) is 8.22. The number of benzene rings is 2. The van der Waals surface area contributed by atoms with Crippen molar-refractivity contribution in [1.29, 1.82) is 0 Å². The van der Waals surface area contributed by atoms with E-state index in [0.29, 0.717) is 18.3 Å². The van der Waals surface area contributed by atoms with Crippen LogP contribution >= 0.6 is 24.0 Å². The van der Waals surface area contributed by atoms with E-state index in [4.69, 9.17) is 9.73 Å². The lowest BCUT2D eigenvalue weighted by molar-refractivity contribution is -0.123. The zero-order chi connectivity index (χ0) is 20.5. The number of halogens is 1. The molecule has 1 saturated carbocycles. The second kappa shape index (κ2) is 12.4. The minimum absolute atomic E-state index is 0. The van der Waals surface area contributed by atoms with Crippen LogP contribution in [0.5, 0.6) is 5.75 Å². The van der Waals surface area contributed by atoms with Crippen molar-refractivity contribution in [1.82, 2.24) is 15.5 Å². The minimum atomic E-state index is -0.0621. The second-order valence-corrected chi connectivity index (χ2v) is 7.29. The van der Waals surface area contributed by atoms with E-state index in [9.17, 15) is 4.79 Å². The molecule has 2 aromatic carbocycles. The number of carbonyl (C=O) groups is 1. The van der Waals surface area contributed by atoms with Gasteiger partial charge in [0.15, 0.2) is 12.6 Å². The Labute approximate surface area is 196 Å². The van der Waals surface area contributed by atoms with Gasteiger partial charge >= 0.3 is 0 Å². The van der Waals surface area contributed by atoms with Gasteiger partial charge in [0.2, 0.25) is 0 Å². The highest BCUT2D eigenvalue weighted by atomic mass is 127. The highest BCUT2D eigenvalue weighted by molar-refractivity contribution is 14.0. The third-order valence-corrected chi connectivity index (χ3v) is 4.58. The predicted molar refractivity (Wildman–Crippen MR) is 131 cm³/mol. The SMILES string of the molecule is CCNC(=NCc1cccc(OCC(=O)NC2CC2)c1)N(C)Cc1ccccc1.I. The molecule has 0 aromatic heterocycles. The quantitative estimate of drug-likeness (QED) is 0.301. The largest absolute Gasteiger partial charge is 0.484 e. The van der Waals surface area contributed by atoms with Crippen molar-refractivity contribution >= 4 is 35.8 Å². The number of aliphatic imine (C=N–C) groups is 1. The Hall–Kier alpha value is -2.29. The molecular formula is C23H31IN4O2. The number of nitrogens with zero attached hydrogens (tertiary/aromatic N) is 2. The normalized spacial score (nSPS) is 13.2. The summed E-state index contributed by atoms with van der Waals surface area (Å²) in [6, 6.07) is 18.4. The maximum atomic E-state index is 11.8. The molecule has 2 aromatic rings. The number of rotatable bonds is 9. The molecule has 0 spiro atoms. The smallest absolute Gasteiger partial charge is 0.258 e. The summed E-state index contributed by atoms with van der Waals surface area (Å²) in [7, 11) is 2.03. The van der Waals surface area contributed by atoms with E-state index in [1.54, 1.807) is 0 Å². The molecule has 1 aliphatic rings. The molecule has 1 aliphatic carbocycles. The van der Waals surface area contributed by atoms with Crippen molar-refractivity contribution in [3.8, 4) is 5.75 Å². The zero-order valence-corrected chi connectivity index (χ0v) is 20.0. The molecule has 2 N–H and O–H groups in total. The molecule has 0 aliphatic heterocycles. The van der Waals surface area contributed by atoms with Crippen molar-refractivity contribution in [2.75, 3.05) is 20.2 Å². The Bertz CT molecular complexity index is 825. The monoisotopic (exact) mass is 522 g/mol. The van der Waals surface area contributed by atoms with Crippen LogP contribution in [-0.4, -0.2) is 43.0 Å². The zero-order valence-electron chi connectivity index (χ0n) is 17.6. The molecule has 1 fully saturated rings. The van der Waals surface area contributed by atoms with Gasteiger partial charge in [0.05, 0.1) is 6.54 Å². The van der Waals surface area contributed by atoms with E-state index in [-0.39, 0.29) is 36.5 Å². The van der Waals surface area contributed by atoms with Crippen molar-refractivity contribution in [3.05, 3.63) is 65.7 Å². The summed E-state index contributed by atoms with van der Waals surface area (Å²) in [5.74, 6) is 1.48. The summed E-state index contributed by atoms with van der Waals surface area (Å²) in [4.78, 5) is 18.7. The summed E-state index contributed by atoms with van der Waals surface area (Å²) in [5.41, 5.74) is 2.27. The van der Waals surface area contributed by atoms with Gasteiger partial charge in [-0.25, -0.2) is 4.99 Å². The standard InChI is InChI=1S/C23H30N4O2.HI/c1-3-24-23(27(2)16-18-8-5-4-6-9-18)25-15-19-10-7-11-21(14-19)29-17-22(28)26-20-12-13-20;/h4-11,14,20H,3,12-13,15-17H2,1-2H3,(H,24,25)(H,26,28);1H. The number of nitrogens with one attached hydrogen (secondary N) is 2. The fourth-order valence-corrected chi connectivity index (χ4v) is 2.95. The van der Waals surface area contributed by atoms with Crippen LogP contribution in [0.4, 0.5) is 0 Å². The van der Waals surface area contributed by atoms with Crippen LogP contribution in [-0.2, 0) is 17.9 Å². The molecule has 1 amide bonds. The summed E-state index contributed by atoms with van der Waals surface area (Å²) < 4.78 is 5.63. The van der Waals surface area contributed by atoms with E-state index in [1.165, 1.54) is 5.56 Å². The maximum Gasteiger partial charge on any atom is 0.258 e. The first kappa shape index (κ1) is 24.0. The molecule has 7 heteroatoms. The topological polar surface area (TPSA) is 66.0 Å². The van der Waals surface area contributed by atoms with Crippen molar-refractivity contribution in [2.24, 2.45) is 4.99 Å². The van der Waals surface area contributed by atoms with Crippen LogP contribution in [0.1, 0.15) is 30.9 Å². The molecule has 0 radical (unpaired) electrons. The molecule has 162 valence electrons. The Morgan fingerprint density at radius 1 is 1.13 bits per heavy atom. The lowest BCUT2D eigenvalue weighted by Crippen LogP contribution is -2.38. The van der Waals surface area contributed by atoms with E-state index in [2.05, 4.69) is 34.6 Å². The number of amides is 1. The molecule has 3 rings (SSSR count). The van der Waals surface area contributed by atoms with E-state index in [0.717, 1.165) is 37.5 Å². The molecule has 30 heavy (non-hydrogen) atoms. The number of hydrogen-bond donors (Lipinski definition) is 2. The molecule has 0 unspecified atom stereocenters. The predicted octanol–water partition coefficient (Wildman–Crippen LogP) is 3.56. The van der Waals surface area contributed by atoms with E-state index >= 15 is 0 Å². The Morgan fingerprint density at radius 2 is 1.87 bits per heavy atom. The second-order valence-electron chi connectivity index (χ2n) is 7.29. The van der Waals surface area contributed by atoms with Crippen LogP contribution in [0, 0.1) is 0 Å². The van der Waals surface area contributed by atoms with Crippen LogP contribution < -0.4 is 15.4 Å². The molecule has 0 atom stereocenters. The van der Waals surface area contributed by atoms with Gasteiger partial charge in [0.25, 0.3) is 5.91 Å². The van der Waals surface area contributed by atoms with Gasteiger partial charge in [-0.05, 0) is 43.0 Å². The molecular weight excluding hydrogens is 491 g/mol. The van der Waals surface area contributed by atoms with E-state index < -0.39 is 0 Å². The van der Waals surface area contributed by atoms with Crippen LogP contribution in [0.3, 0.4) is 0 Å². The van der Waals surface area contributed by atoms with E-state index in [1.807, 2.05) is 49.5 Å². The summed E-state index contributed by atoms with van der Waals surface area (Å²) in [5, 5.41) is 6.27. The fraction of sp³-hybridized carbons (Fsp3) is 0.391. The first-order valence-electron chi connectivity index (χ1n) is 10.2. The Morgan fingerprint density at radius 3 is 2.57 bits per heavy atom. The Kier molecular flexibility index (Phi) is 9.93. The highest BCUT2D eigenvalue weighted by Gasteiger charge is 2.23. The van der Waals surface area contributed by atoms with Gasteiger partial charge in [-0.2, -0.15) is 0 Å². The van der Waals surface area contributed by atoms with Gasteiger partial charge in [-0.15, -0.1) is 24.0 Å². The van der Waals surface area contributed by atoms with Gasteiger partial charge in [-0.3, -0.25) is 4.79 Å². The number of guanidine groups is 1. The average molecular weight is 522 g/mol. The van der Waals surface area contributed by atoms with Crippen molar-refractivity contribution in [3.63, 3.8) is 0 Å². The van der Waals surface area contributed by atoms with Gasteiger partial charge < -0.3 is 20.3 Å². The summed E-state index contributed by atoms with van der Waals surface area (Å²) in [6.07, 6.45) is 2.15. The minimum Gasteiger partial charge on any atom is -0.484 e. The molecule has 0 saturated heterocycles. The highest BCUT2D eigenvalue weighted by Crippen LogP contribution is 2.19. The molecule has 0 bridgehead atoms. The van der Waals surface area contributed by atoms with Crippen molar-refractivity contribution < 1.29 is 9.53 Å². The lowest BCUT2D eigenvalue weighted by Gasteiger charge is -2.22. The summed E-state index contributed by atoms with van der Waals surface area (Å²) >= 11 is 0. The average Bonchev–Trinajstić information content (AvgIpc) is 3.54. The number of ether oxygens (including phenoxy) is 1. The Balaban J connectivity index is 0.00000320. The van der Waals surface area contributed by atoms with Crippen molar-refractivity contribution in [2.45, 2.75) is 38.9 Å². The summed E-state index contributed by atoms with van der Waals surface area (Å²) in [6.45, 7) is 4.23. The number of hydrogen-bond acceptors (Lipinski definition) is 3. The fourth-order valence-electron chi connectivity index (χ4n) is 2.95. The van der Waals surface area contributed by atoms with Crippen LogP contribution in [0.2, 0.25) is 0 Å². The van der Waals surface area contributed by atoms with Crippen LogP contribution in [0.15, 0.2) is 59.6 Å². The van der Waals surface area contributed by atoms with Gasteiger partial charge in [0.1, 0.15) is 5.75 Å². The maximum absolute atomic E-state index is 11.8. The van der Waals surface area contributed by atoms with Crippen LogP contribution in [0.25, 0.3) is 0 Å². The van der Waals surface area contributed by atoms with Gasteiger partial charge in [-0.1, -0.05) is 42.5 Å². The first-order valence-corrected chi connectivity index (χ1v) is 10.2. The van der Waals surface area contributed by atoms with Gasteiger partial charge in [0, 0.05) is 26.2 Å². The molecule has 6 nitrogen and oxygen atoms in total. The number of carbonyl (C=O) groups excluding carboxylic acids is 1. The first-order chi connectivity index (χ1) is 14.1. The third-order valence-electron chi connectivity index (χ3n) is 4.58. The molecule has 0 heterocycles. The lowest BCUT2D eigenvalue weighted by atomic mass is 10.2.